The average Bonchev–Trinajstić information content (AvgIpc) is 2.81. The monoisotopic (exact) mass is 250 g/mol. The van der Waals surface area contributed by atoms with E-state index in [4.69, 9.17) is 0 Å². The van der Waals surface area contributed by atoms with Crippen LogP contribution in [-0.4, -0.2) is 47.7 Å². The Kier molecular flexibility index (Phi) is 5.20. The lowest BCUT2D eigenvalue weighted by molar-refractivity contribution is 0.173. The first-order valence-electron chi connectivity index (χ1n) is 7.14. The normalized spacial score (nSPS) is 18.3. The van der Waals surface area contributed by atoms with Gasteiger partial charge in [0.1, 0.15) is 5.82 Å². The topological polar surface area (TPSA) is 33.1 Å². The van der Waals surface area contributed by atoms with Gasteiger partial charge in [-0.05, 0) is 58.8 Å². The highest BCUT2D eigenvalue weighted by Gasteiger charge is 2.18. The van der Waals surface area contributed by atoms with Crippen LogP contribution >= 0.6 is 0 Å². The number of hydrogen-bond acceptors (Lipinski definition) is 3. The van der Waals surface area contributed by atoms with Crippen LogP contribution in [0, 0.1) is 12.8 Å². The molecule has 4 heteroatoms. The Morgan fingerprint density at radius 3 is 2.72 bits per heavy atom. The Bertz CT molecular complexity index is 339. The van der Waals surface area contributed by atoms with E-state index in [0.717, 1.165) is 24.8 Å². The number of aryl methyl sites for hydroxylation is 1. The van der Waals surface area contributed by atoms with Crippen molar-refractivity contribution in [3.05, 3.63) is 18.2 Å². The van der Waals surface area contributed by atoms with E-state index < -0.39 is 0 Å². The van der Waals surface area contributed by atoms with E-state index in [9.17, 15) is 0 Å². The van der Waals surface area contributed by atoms with E-state index in [-0.39, 0.29) is 0 Å². The lowest BCUT2D eigenvalue weighted by atomic mass is 9.93. The Balaban J connectivity index is 1.66. The van der Waals surface area contributed by atoms with Crippen molar-refractivity contribution >= 4 is 0 Å². The van der Waals surface area contributed by atoms with E-state index >= 15 is 0 Å². The van der Waals surface area contributed by atoms with Crippen LogP contribution in [-0.2, 0) is 6.54 Å². The third kappa shape index (κ3) is 3.82. The van der Waals surface area contributed by atoms with Crippen molar-refractivity contribution in [1.29, 1.82) is 0 Å². The first kappa shape index (κ1) is 13.6. The maximum atomic E-state index is 4.26. The molecular formula is C14H26N4. The summed E-state index contributed by atoms with van der Waals surface area (Å²) in [6.07, 6.45) is 8.04. The third-order valence-electron chi connectivity index (χ3n) is 4.09. The molecule has 2 heterocycles. The number of likely N-dealkylation sites (tertiary alicyclic amines) is 1. The van der Waals surface area contributed by atoms with Gasteiger partial charge in [0, 0.05) is 25.5 Å². The molecule has 4 nitrogen and oxygen atoms in total. The fourth-order valence-electron chi connectivity index (χ4n) is 2.74. The molecule has 0 amide bonds. The molecule has 0 saturated carbocycles. The molecule has 1 N–H and O–H groups in total. The summed E-state index contributed by atoms with van der Waals surface area (Å²) in [7, 11) is 2.04. The summed E-state index contributed by atoms with van der Waals surface area (Å²) in [6.45, 7) is 8.01. The van der Waals surface area contributed by atoms with E-state index in [1.807, 2.05) is 13.2 Å². The second-order valence-electron chi connectivity index (χ2n) is 5.35. The summed E-state index contributed by atoms with van der Waals surface area (Å²) < 4.78 is 2.24. The largest absolute Gasteiger partial charge is 0.334 e. The number of piperidine rings is 1. The van der Waals surface area contributed by atoms with Crippen LogP contribution in [0.2, 0.25) is 0 Å². The van der Waals surface area contributed by atoms with E-state index in [0.29, 0.717) is 0 Å². The Morgan fingerprint density at radius 1 is 1.33 bits per heavy atom. The van der Waals surface area contributed by atoms with Crippen LogP contribution in [0.1, 0.15) is 25.1 Å². The van der Waals surface area contributed by atoms with Gasteiger partial charge in [0.25, 0.3) is 0 Å². The van der Waals surface area contributed by atoms with Crippen molar-refractivity contribution in [2.75, 3.05) is 33.2 Å². The van der Waals surface area contributed by atoms with Crippen molar-refractivity contribution in [3.8, 4) is 0 Å². The van der Waals surface area contributed by atoms with Crippen molar-refractivity contribution in [2.45, 2.75) is 32.7 Å². The van der Waals surface area contributed by atoms with Gasteiger partial charge < -0.3 is 14.8 Å². The summed E-state index contributed by atoms with van der Waals surface area (Å²) in [6, 6.07) is 0. The number of aromatic nitrogens is 2. The Morgan fingerprint density at radius 2 is 2.11 bits per heavy atom. The fourth-order valence-corrected chi connectivity index (χ4v) is 2.74. The summed E-state index contributed by atoms with van der Waals surface area (Å²) in [5.41, 5.74) is 0. The zero-order chi connectivity index (χ0) is 12.8. The SMILES string of the molecule is CNCCC1CCN(CCn2ccnc2C)CC1. The second kappa shape index (κ2) is 6.90. The highest BCUT2D eigenvalue weighted by molar-refractivity contribution is 4.88. The lowest BCUT2D eigenvalue weighted by Gasteiger charge is -2.32. The van der Waals surface area contributed by atoms with Crippen LogP contribution in [0.25, 0.3) is 0 Å². The molecule has 0 aromatic carbocycles. The molecule has 0 atom stereocenters. The van der Waals surface area contributed by atoms with Gasteiger partial charge in [-0.1, -0.05) is 0 Å². The van der Waals surface area contributed by atoms with Crippen LogP contribution < -0.4 is 5.32 Å². The van der Waals surface area contributed by atoms with E-state index in [1.54, 1.807) is 0 Å². The summed E-state index contributed by atoms with van der Waals surface area (Å²) >= 11 is 0. The zero-order valence-corrected chi connectivity index (χ0v) is 11.7. The predicted octanol–water partition coefficient (Wildman–Crippen LogP) is 1.51. The molecule has 0 spiro atoms. The molecule has 1 fully saturated rings. The standard InChI is InChI=1S/C14H26N4/c1-13-16-7-10-18(13)12-11-17-8-4-14(5-9-17)3-6-15-2/h7,10,14-15H,3-6,8-9,11-12H2,1-2H3. The van der Waals surface area contributed by atoms with E-state index in [2.05, 4.69) is 32.9 Å². The van der Waals surface area contributed by atoms with Gasteiger partial charge in [0.2, 0.25) is 0 Å². The molecular weight excluding hydrogens is 224 g/mol. The molecule has 0 radical (unpaired) electrons. The minimum atomic E-state index is 0.934. The van der Waals surface area contributed by atoms with Gasteiger partial charge >= 0.3 is 0 Å². The Hall–Kier alpha value is -0.870. The maximum absolute atomic E-state index is 4.26. The summed E-state index contributed by atoms with van der Waals surface area (Å²) in [5, 5.41) is 3.25. The number of hydrogen-bond donors (Lipinski definition) is 1. The molecule has 1 aliphatic heterocycles. The van der Waals surface area contributed by atoms with Gasteiger partial charge in [-0.3, -0.25) is 0 Å². The number of nitrogens with one attached hydrogen (secondary N) is 1. The average molecular weight is 250 g/mol. The highest BCUT2D eigenvalue weighted by atomic mass is 15.2. The van der Waals surface area contributed by atoms with Crippen molar-refractivity contribution in [2.24, 2.45) is 5.92 Å². The van der Waals surface area contributed by atoms with Crippen LogP contribution in [0.15, 0.2) is 12.4 Å². The molecule has 0 bridgehead atoms. The van der Waals surface area contributed by atoms with Gasteiger partial charge in [0.15, 0.2) is 0 Å². The van der Waals surface area contributed by atoms with Crippen LogP contribution in [0.4, 0.5) is 0 Å². The van der Waals surface area contributed by atoms with Crippen LogP contribution in [0.3, 0.4) is 0 Å². The van der Waals surface area contributed by atoms with Gasteiger partial charge in [-0.25, -0.2) is 4.98 Å². The molecule has 18 heavy (non-hydrogen) atoms. The highest BCUT2D eigenvalue weighted by Crippen LogP contribution is 2.19. The quantitative estimate of drug-likeness (QED) is 0.831. The Labute approximate surface area is 110 Å². The minimum Gasteiger partial charge on any atom is -0.334 e. The van der Waals surface area contributed by atoms with Gasteiger partial charge in [-0.2, -0.15) is 0 Å². The van der Waals surface area contributed by atoms with Crippen molar-refractivity contribution in [1.82, 2.24) is 19.8 Å². The fraction of sp³-hybridized carbons (Fsp3) is 0.786. The maximum Gasteiger partial charge on any atom is 0.105 e. The number of imidazole rings is 1. The third-order valence-corrected chi connectivity index (χ3v) is 4.09. The van der Waals surface area contributed by atoms with Crippen LogP contribution in [0.5, 0.6) is 0 Å². The summed E-state index contributed by atoms with van der Waals surface area (Å²) in [4.78, 5) is 6.86. The summed E-state index contributed by atoms with van der Waals surface area (Å²) in [5.74, 6) is 2.06. The molecule has 2 rings (SSSR count). The molecule has 102 valence electrons. The first-order valence-corrected chi connectivity index (χ1v) is 7.14. The smallest absolute Gasteiger partial charge is 0.105 e. The molecule has 1 saturated heterocycles. The molecule has 0 aliphatic carbocycles. The number of rotatable bonds is 6. The molecule has 1 aliphatic rings. The second-order valence-corrected chi connectivity index (χ2v) is 5.35. The van der Waals surface area contributed by atoms with Gasteiger partial charge in [-0.15, -0.1) is 0 Å². The van der Waals surface area contributed by atoms with Crippen molar-refractivity contribution in [3.63, 3.8) is 0 Å². The zero-order valence-electron chi connectivity index (χ0n) is 11.7. The lowest BCUT2D eigenvalue weighted by Crippen LogP contribution is -2.36. The first-order chi connectivity index (χ1) is 8.79. The molecule has 0 unspecified atom stereocenters. The van der Waals surface area contributed by atoms with Gasteiger partial charge in [0.05, 0.1) is 0 Å². The molecule has 1 aromatic heterocycles. The molecule has 1 aromatic rings. The minimum absolute atomic E-state index is 0.934. The predicted molar refractivity (Wildman–Crippen MR) is 74.7 cm³/mol. The van der Waals surface area contributed by atoms with E-state index in [1.165, 1.54) is 38.9 Å². The number of nitrogens with zero attached hydrogens (tertiary/aromatic N) is 3. The van der Waals surface area contributed by atoms with Crippen molar-refractivity contribution < 1.29 is 0 Å².